The highest BCUT2D eigenvalue weighted by molar-refractivity contribution is 7.07. The van der Waals surface area contributed by atoms with Crippen molar-refractivity contribution in [2.45, 2.75) is 19.5 Å². The summed E-state index contributed by atoms with van der Waals surface area (Å²) in [4.78, 5) is 4.25. The summed E-state index contributed by atoms with van der Waals surface area (Å²) in [6.45, 7) is 3.06. The highest BCUT2D eigenvalue weighted by Crippen LogP contribution is 2.30. The fourth-order valence-electron chi connectivity index (χ4n) is 1.93. The lowest BCUT2D eigenvalue weighted by Crippen LogP contribution is -2.18. The van der Waals surface area contributed by atoms with Crippen LogP contribution in [-0.2, 0) is 6.54 Å². The zero-order chi connectivity index (χ0) is 15.1. The second-order valence-corrected chi connectivity index (χ2v) is 5.28. The number of methoxy groups -OCH3 is 1. The molecule has 0 amide bonds. The van der Waals surface area contributed by atoms with E-state index in [9.17, 15) is 0 Å². The molecule has 1 aromatic carbocycles. The molecule has 0 aliphatic carbocycles. The molecule has 2 aromatic rings. The molecule has 5 nitrogen and oxygen atoms in total. The van der Waals surface area contributed by atoms with Gasteiger partial charge in [0.1, 0.15) is 6.61 Å². The van der Waals surface area contributed by atoms with Gasteiger partial charge in [-0.25, -0.2) is 4.98 Å². The third kappa shape index (κ3) is 4.42. The van der Waals surface area contributed by atoms with Crippen LogP contribution in [0.2, 0.25) is 0 Å². The third-order valence-electron chi connectivity index (χ3n) is 3.11. The quantitative estimate of drug-likeness (QED) is 0.784. The van der Waals surface area contributed by atoms with Crippen molar-refractivity contribution >= 4 is 11.3 Å². The topological polar surface area (TPSA) is 63.6 Å². The minimum atomic E-state index is -0.0174. The number of aromatic nitrogens is 1. The Hall–Kier alpha value is -1.63. The zero-order valence-corrected chi connectivity index (χ0v) is 13.0. The van der Waals surface area contributed by atoms with Gasteiger partial charge in [-0.1, -0.05) is 6.07 Å². The number of nitrogens with zero attached hydrogens (tertiary/aromatic N) is 1. The largest absolute Gasteiger partial charge is 0.493 e. The van der Waals surface area contributed by atoms with Crippen molar-refractivity contribution in [2.75, 3.05) is 20.3 Å². The standard InChI is InChI=1S/C15H20N2O3S/c1-11(16-8-13-9-21-10-17-13)12-3-4-14(20-6-5-18)15(7-12)19-2/h3-4,7,9-11,16,18H,5-6,8H2,1-2H3. The van der Waals surface area contributed by atoms with Crippen LogP contribution in [0.3, 0.4) is 0 Å². The maximum absolute atomic E-state index is 8.81. The van der Waals surface area contributed by atoms with Gasteiger partial charge in [-0.2, -0.15) is 0 Å². The van der Waals surface area contributed by atoms with Gasteiger partial charge >= 0.3 is 0 Å². The molecule has 1 unspecified atom stereocenters. The second kappa shape index (κ2) is 7.97. The Morgan fingerprint density at radius 3 is 2.90 bits per heavy atom. The van der Waals surface area contributed by atoms with E-state index >= 15 is 0 Å². The molecule has 0 radical (unpaired) electrons. The van der Waals surface area contributed by atoms with Gasteiger partial charge in [0.2, 0.25) is 0 Å². The molecule has 1 aromatic heterocycles. The van der Waals surface area contributed by atoms with Crippen LogP contribution >= 0.6 is 11.3 Å². The summed E-state index contributed by atoms with van der Waals surface area (Å²) < 4.78 is 10.8. The van der Waals surface area contributed by atoms with Crippen LogP contribution in [0.1, 0.15) is 24.2 Å². The number of benzene rings is 1. The minimum Gasteiger partial charge on any atom is -0.493 e. The number of aliphatic hydroxyl groups excluding tert-OH is 1. The normalized spacial score (nSPS) is 12.1. The Morgan fingerprint density at radius 1 is 1.38 bits per heavy atom. The number of ether oxygens (including phenoxy) is 2. The molecule has 6 heteroatoms. The first kappa shape index (κ1) is 15.8. The molecule has 0 spiro atoms. The van der Waals surface area contributed by atoms with Crippen molar-refractivity contribution in [1.82, 2.24) is 10.3 Å². The lowest BCUT2D eigenvalue weighted by atomic mass is 10.1. The van der Waals surface area contributed by atoms with Gasteiger partial charge in [0, 0.05) is 18.0 Å². The highest BCUT2D eigenvalue weighted by atomic mass is 32.1. The van der Waals surface area contributed by atoms with Gasteiger partial charge in [-0.3, -0.25) is 0 Å². The van der Waals surface area contributed by atoms with Crippen LogP contribution in [0, 0.1) is 0 Å². The van der Waals surface area contributed by atoms with E-state index in [2.05, 4.69) is 17.2 Å². The predicted molar refractivity (Wildman–Crippen MR) is 82.9 cm³/mol. The van der Waals surface area contributed by atoms with Crippen LogP contribution in [0.5, 0.6) is 11.5 Å². The molecule has 21 heavy (non-hydrogen) atoms. The molecule has 1 atom stereocenters. The van der Waals surface area contributed by atoms with Crippen LogP contribution in [0.25, 0.3) is 0 Å². The first-order chi connectivity index (χ1) is 10.2. The minimum absolute atomic E-state index is 0.0174. The lowest BCUT2D eigenvalue weighted by molar-refractivity contribution is 0.196. The van der Waals surface area contributed by atoms with E-state index in [1.165, 1.54) is 0 Å². The monoisotopic (exact) mass is 308 g/mol. The maximum Gasteiger partial charge on any atom is 0.161 e. The number of aliphatic hydroxyl groups is 1. The Balaban J connectivity index is 2.01. The third-order valence-corrected chi connectivity index (χ3v) is 3.74. The molecule has 114 valence electrons. The molecule has 0 fully saturated rings. The van der Waals surface area contributed by atoms with E-state index in [4.69, 9.17) is 14.6 Å². The molecule has 0 aliphatic heterocycles. The van der Waals surface area contributed by atoms with Crippen LogP contribution in [0.4, 0.5) is 0 Å². The summed E-state index contributed by atoms with van der Waals surface area (Å²) in [7, 11) is 1.61. The lowest BCUT2D eigenvalue weighted by Gasteiger charge is -2.16. The van der Waals surface area contributed by atoms with Gasteiger partial charge in [0.15, 0.2) is 11.5 Å². The summed E-state index contributed by atoms with van der Waals surface area (Å²) in [5, 5.41) is 14.3. The summed E-state index contributed by atoms with van der Waals surface area (Å²) in [6, 6.07) is 5.98. The van der Waals surface area contributed by atoms with Crippen molar-refractivity contribution in [3.8, 4) is 11.5 Å². The van der Waals surface area contributed by atoms with Crippen LogP contribution < -0.4 is 14.8 Å². The Morgan fingerprint density at radius 2 is 2.24 bits per heavy atom. The number of rotatable bonds is 8. The SMILES string of the molecule is COc1cc(C(C)NCc2cscn2)ccc1OCCO. The smallest absolute Gasteiger partial charge is 0.161 e. The summed E-state index contributed by atoms with van der Waals surface area (Å²) in [5.74, 6) is 1.31. The van der Waals surface area contributed by atoms with Gasteiger partial charge in [0.05, 0.1) is 24.9 Å². The van der Waals surface area contributed by atoms with E-state index in [1.807, 2.05) is 29.1 Å². The Bertz CT molecular complexity index is 546. The van der Waals surface area contributed by atoms with Gasteiger partial charge < -0.3 is 19.9 Å². The van der Waals surface area contributed by atoms with Gasteiger partial charge in [-0.15, -0.1) is 11.3 Å². The average Bonchev–Trinajstić information content (AvgIpc) is 3.03. The molecule has 0 bridgehead atoms. The van der Waals surface area contributed by atoms with E-state index in [0.717, 1.165) is 17.8 Å². The van der Waals surface area contributed by atoms with E-state index in [-0.39, 0.29) is 19.3 Å². The van der Waals surface area contributed by atoms with Crippen molar-refractivity contribution in [3.05, 3.63) is 40.3 Å². The number of hydrogen-bond acceptors (Lipinski definition) is 6. The molecule has 0 aliphatic rings. The van der Waals surface area contributed by atoms with Crippen LogP contribution in [0.15, 0.2) is 29.1 Å². The van der Waals surface area contributed by atoms with Crippen LogP contribution in [-0.4, -0.2) is 30.4 Å². The van der Waals surface area contributed by atoms with E-state index in [1.54, 1.807) is 18.4 Å². The zero-order valence-electron chi connectivity index (χ0n) is 12.2. The second-order valence-electron chi connectivity index (χ2n) is 4.56. The molecule has 2 rings (SSSR count). The van der Waals surface area contributed by atoms with Crippen molar-refractivity contribution in [3.63, 3.8) is 0 Å². The molecule has 0 saturated heterocycles. The highest BCUT2D eigenvalue weighted by Gasteiger charge is 2.10. The predicted octanol–water partition coefficient (Wildman–Crippen LogP) is 2.37. The Labute approximate surface area is 128 Å². The molecular formula is C15H20N2O3S. The summed E-state index contributed by atoms with van der Waals surface area (Å²) in [5.41, 5.74) is 3.98. The van der Waals surface area contributed by atoms with Crippen molar-refractivity contribution in [2.24, 2.45) is 0 Å². The number of thiazole rings is 1. The number of hydrogen-bond donors (Lipinski definition) is 2. The van der Waals surface area contributed by atoms with Crippen molar-refractivity contribution < 1.29 is 14.6 Å². The average molecular weight is 308 g/mol. The summed E-state index contributed by atoms with van der Waals surface area (Å²) in [6.07, 6.45) is 0. The van der Waals surface area contributed by atoms with E-state index in [0.29, 0.717) is 11.5 Å². The first-order valence-corrected chi connectivity index (χ1v) is 7.71. The Kier molecular flexibility index (Phi) is 5.98. The maximum atomic E-state index is 8.81. The van der Waals surface area contributed by atoms with Gasteiger partial charge in [-0.05, 0) is 24.6 Å². The molecule has 1 heterocycles. The molecule has 0 saturated carbocycles. The molecular weight excluding hydrogens is 288 g/mol. The molecule has 2 N–H and O–H groups in total. The van der Waals surface area contributed by atoms with Gasteiger partial charge in [0.25, 0.3) is 0 Å². The van der Waals surface area contributed by atoms with Crippen molar-refractivity contribution in [1.29, 1.82) is 0 Å². The summed E-state index contributed by atoms with van der Waals surface area (Å²) >= 11 is 1.59. The fraction of sp³-hybridized carbons (Fsp3) is 0.400. The van der Waals surface area contributed by atoms with E-state index < -0.39 is 0 Å². The number of nitrogens with one attached hydrogen (secondary N) is 1. The fourth-order valence-corrected chi connectivity index (χ4v) is 2.49. The first-order valence-electron chi connectivity index (χ1n) is 6.76.